The van der Waals surface area contributed by atoms with E-state index in [1.165, 1.54) is 12.1 Å². The van der Waals surface area contributed by atoms with Crippen molar-refractivity contribution in [3.05, 3.63) is 34.6 Å². The van der Waals surface area contributed by atoms with Crippen molar-refractivity contribution in [1.29, 1.82) is 0 Å². The molecule has 0 radical (unpaired) electrons. The fraction of sp³-hybridized carbons (Fsp3) is 0.333. The van der Waals surface area contributed by atoms with Gasteiger partial charge in [-0.25, -0.2) is 4.39 Å². The van der Waals surface area contributed by atoms with E-state index in [1.54, 1.807) is 6.07 Å². The second-order valence-electron chi connectivity index (χ2n) is 2.76. The molecule has 0 saturated heterocycles. The monoisotopic (exact) mass is 222 g/mol. The molecule has 0 aliphatic carbocycles. The molecular weight excluding hydrogens is 214 g/mol. The van der Waals surface area contributed by atoms with Crippen molar-refractivity contribution in [2.45, 2.75) is 12.5 Å². The lowest BCUT2D eigenvalue weighted by Crippen LogP contribution is -2.11. The van der Waals surface area contributed by atoms with Gasteiger partial charge in [0.1, 0.15) is 5.82 Å². The number of alkyl halides is 1. The van der Waals surface area contributed by atoms with Crippen LogP contribution in [0.1, 0.15) is 5.56 Å². The maximum Gasteiger partial charge on any atom is 0.141 e. The van der Waals surface area contributed by atoms with Gasteiger partial charge in [0, 0.05) is 5.88 Å². The average Bonchev–Trinajstić information content (AvgIpc) is 2.11. The first-order valence-corrected chi connectivity index (χ1v) is 4.72. The van der Waals surface area contributed by atoms with Gasteiger partial charge in [-0.05, 0) is 24.1 Å². The summed E-state index contributed by atoms with van der Waals surface area (Å²) in [7, 11) is 0. The lowest BCUT2D eigenvalue weighted by Gasteiger charge is -2.06. The van der Waals surface area contributed by atoms with Gasteiger partial charge in [-0.2, -0.15) is 0 Å². The fourth-order valence-corrected chi connectivity index (χ4v) is 1.31. The minimum Gasteiger partial charge on any atom is -0.392 e. The van der Waals surface area contributed by atoms with Crippen LogP contribution >= 0.6 is 23.2 Å². The van der Waals surface area contributed by atoms with Crippen molar-refractivity contribution in [1.82, 2.24) is 0 Å². The molecule has 1 atom stereocenters. The van der Waals surface area contributed by atoms with Crippen LogP contribution in [0, 0.1) is 5.82 Å². The predicted octanol–water partition coefficient (Wildman–Crippen LogP) is 2.62. The summed E-state index contributed by atoms with van der Waals surface area (Å²) in [5, 5.41) is 9.27. The van der Waals surface area contributed by atoms with Crippen LogP contribution in [-0.2, 0) is 6.42 Å². The molecule has 0 spiro atoms. The summed E-state index contributed by atoms with van der Waals surface area (Å²) in [4.78, 5) is 0. The van der Waals surface area contributed by atoms with Crippen molar-refractivity contribution < 1.29 is 9.50 Å². The number of benzene rings is 1. The second-order valence-corrected chi connectivity index (χ2v) is 3.48. The van der Waals surface area contributed by atoms with E-state index >= 15 is 0 Å². The summed E-state index contributed by atoms with van der Waals surface area (Å²) >= 11 is 11.0. The van der Waals surface area contributed by atoms with Crippen LogP contribution in [0.25, 0.3) is 0 Å². The molecule has 0 fully saturated rings. The molecule has 1 N–H and O–H groups in total. The Morgan fingerprint density at radius 2 is 2.15 bits per heavy atom. The lowest BCUT2D eigenvalue weighted by atomic mass is 10.1. The van der Waals surface area contributed by atoms with Gasteiger partial charge in [-0.15, -0.1) is 11.6 Å². The lowest BCUT2D eigenvalue weighted by molar-refractivity contribution is 0.198. The highest BCUT2D eigenvalue weighted by atomic mass is 35.5. The maximum absolute atomic E-state index is 12.7. The molecule has 0 heterocycles. The van der Waals surface area contributed by atoms with Gasteiger partial charge >= 0.3 is 0 Å². The highest BCUT2D eigenvalue weighted by molar-refractivity contribution is 6.30. The molecule has 1 aromatic rings. The molecule has 1 rings (SSSR count). The number of aliphatic hydroxyl groups is 1. The van der Waals surface area contributed by atoms with E-state index in [9.17, 15) is 9.50 Å². The zero-order valence-electron chi connectivity index (χ0n) is 6.80. The van der Waals surface area contributed by atoms with Crippen molar-refractivity contribution >= 4 is 23.2 Å². The van der Waals surface area contributed by atoms with Gasteiger partial charge in [-0.3, -0.25) is 0 Å². The maximum atomic E-state index is 12.7. The van der Waals surface area contributed by atoms with Crippen LogP contribution in [-0.4, -0.2) is 17.1 Å². The van der Waals surface area contributed by atoms with E-state index in [4.69, 9.17) is 23.2 Å². The summed E-state index contributed by atoms with van der Waals surface area (Å²) in [5.74, 6) is -0.291. The van der Waals surface area contributed by atoms with E-state index in [1.807, 2.05) is 0 Å². The molecular formula is C9H9Cl2FO. The topological polar surface area (TPSA) is 20.2 Å². The Morgan fingerprint density at radius 1 is 1.46 bits per heavy atom. The molecule has 0 aliphatic heterocycles. The number of aliphatic hydroxyl groups excluding tert-OH is 1. The SMILES string of the molecule is OC(CCl)Cc1ccc(F)c(Cl)c1. The standard InChI is InChI=1S/C9H9Cl2FO/c10-5-7(13)3-6-1-2-9(12)8(11)4-6/h1-2,4,7,13H,3,5H2. The van der Waals surface area contributed by atoms with Gasteiger partial charge in [-0.1, -0.05) is 17.7 Å². The van der Waals surface area contributed by atoms with Crippen molar-refractivity contribution in [3.8, 4) is 0 Å². The Morgan fingerprint density at radius 3 is 2.69 bits per heavy atom. The second kappa shape index (κ2) is 4.80. The molecule has 1 unspecified atom stereocenters. The minimum atomic E-state index is -0.608. The Bertz CT molecular complexity index is 291. The number of halogens is 3. The summed E-state index contributed by atoms with van der Waals surface area (Å²) in [6.45, 7) is 0. The summed E-state index contributed by atoms with van der Waals surface area (Å²) in [5.41, 5.74) is 0.777. The van der Waals surface area contributed by atoms with Gasteiger partial charge in [0.2, 0.25) is 0 Å². The molecule has 0 aromatic heterocycles. The van der Waals surface area contributed by atoms with E-state index in [-0.39, 0.29) is 10.9 Å². The Balaban J connectivity index is 2.73. The molecule has 0 amide bonds. The molecule has 4 heteroatoms. The fourth-order valence-electron chi connectivity index (χ4n) is 0.993. The van der Waals surface area contributed by atoms with Crippen molar-refractivity contribution in [2.75, 3.05) is 5.88 Å². The van der Waals surface area contributed by atoms with Gasteiger partial charge < -0.3 is 5.11 Å². The number of hydrogen-bond donors (Lipinski definition) is 1. The van der Waals surface area contributed by atoms with Crippen LogP contribution in [0.4, 0.5) is 4.39 Å². The zero-order valence-corrected chi connectivity index (χ0v) is 8.32. The molecule has 0 aliphatic rings. The van der Waals surface area contributed by atoms with Crippen LogP contribution in [0.3, 0.4) is 0 Å². The minimum absolute atomic E-state index is 0.0688. The third-order valence-corrected chi connectivity index (χ3v) is 2.28. The molecule has 1 aromatic carbocycles. The molecule has 72 valence electrons. The molecule has 0 saturated carbocycles. The summed E-state index contributed by atoms with van der Waals surface area (Å²) in [6.07, 6.45) is -0.216. The molecule has 1 nitrogen and oxygen atoms in total. The Labute approximate surface area is 86.1 Å². The zero-order chi connectivity index (χ0) is 9.84. The molecule has 13 heavy (non-hydrogen) atoms. The van der Waals surface area contributed by atoms with Crippen LogP contribution in [0.15, 0.2) is 18.2 Å². The third kappa shape index (κ3) is 3.14. The van der Waals surface area contributed by atoms with Gasteiger partial charge in [0.05, 0.1) is 11.1 Å². The highest BCUT2D eigenvalue weighted by Gasteiger charge is 2.06. The summed E-state index contributed by atoms with van der Waals surface area (Å²) in [6, 6.07) is 4.35. The summed E-state index contributed by atoms with van der Waals surface area (Å²) < 4.78 is 12.7. The normalized spacial score (nSPS) is 12.9. The third-order valence-electron chi connectivity index (χ3n) is 1.63. The first-order chi connectivity index (χ1) is 6.13. The van der Waals surface area contributed by atoms with Crippen LogP contribution < -0.4 is 0 Å². The van der Waals surface area contributed by atoms with E-state index < -0.39 is 11.9 Å². The predicted molar refractivity (Wildman–Crippen MR) is 51.8 cm³/mol. The number of hydrogen-bond acceptors (Lipinski definition) is 1. The van der Waals surface area contributed by atoms with E-state index in [0.717, 1.165) is 5.56 Å². The number of rotatable bonds is 3. The Hall–Kier alpha value is -0.310. The highest BCUT2D eigenvalue weighted by Crippen LogP contribution is 2.17. The van der Waals surface area contributed by atoms with Gasteiger partial charge in [0.15, 0.2) is 0 Å². The molecule has 0 bridgehead atoms. The van der Waals surface area contributed by atoms with Crippen molar-refractivity contribution in [3.63, 3.8) is 0 Å². The largest absolute Gasteiger partial charge is 0.392 e. The van der Waals surface area contributed by atoms with Gasteiger partial charge in [0.25, 0.3) is 0 Å². The smallest absolute Gasteiger partial charge is 0.141 e. The van der Waals surface area contributed by atoms with Crippen LogP contribution in [0.5, 0.6) is 0 Å². The van der Waals surface area contributed by atoms with Crippen molar-refractivity contribution in [2.24, 2.45) is 0 Å². The Kier molecular flexibility index (Phi) is 3.97. The van der Waals surface area contributed by atoms with E-state index in [2.05, 4.69) is 0 Å². The first kappa shape index (κ1) is 10.8. The average molecular weight is 223 g/mol. The van der Waals surface area contributed by atoms with E-state index in [0.29, 0.717) is 6.42 Å². The first-order valence-electron chi connectivity index (χ1n) is 3.81. The van der Waals surface area contributed by atoms with Crippen LogP contribution in [0.2, 0.25) is 5.02 Å². The quantitative estimate of drug-likeness (QED) is 0.781.